The molecule has 0 heterocycles. The van der Waals surface area contributed by atoms with Gasteiger partial charge in [-0.1, -0.05) is 6.07 Å². The number of rotatable bonds is 5. The molecule has 2 aromatic carbocycles. The molecule has 0 unspecified atom stereocenters. The van der Waals surface area contributed by atoms with E-state index >= 15 is 0 Å². The number of hydrogen-bond acceptors (Lipinski definition) is 4. The number of halogens is 1. The molecular weight excluding hydrogens is 277 g/mol. The van der Waals surface area contributed by atoms with Crippen LogP contribution in [0.2, 0.25) is 0 Å². The molecule has 0 aliphatic heterocycles. The van der Waals surface area contributed by atoms with Crippen molar-refractivity contribution in [3.8, 4) is 0 Å². The topological polar surface area (TPSA) is 84.3 Å². The van der Waals surface area contributed by atoms with Gasteiger partial charge in [0.2, 0.25) is 5.91 Å². The van der Waals surface area contributed by atoms with Gasteiger partial charge in [0.1, 0.15) is 5.82 Å². The summed E-state index contributed by atoms with van der Waals surface area (Å²) in [5.74, 6) is -0.782. The zero-order chi connectivity index (χ0) is 15.2. The fourth-order valence-corrected chi connectivity index (χ4v) is 1.65. The van der Waals surface area contributed by atoms with Crippen LogP contribution in [0.4, 0.5) is 21.5 Å². The van der Waals surface area contributed by atoms with Crippen molar-refractivity contribution in [1.29, 1.82) is 0 Å². The van der Waals surface area contributed by atoms with E-state index in [1.54, 1.807) is 6.07 Å². The molecule has 2 aromatic rings. The van der Waals surface area contributed by atoms with Gasteiger partial charge in [0.25, 0.3) is 5.69 Å². The maximum absolute atomic E-state index is 12.9. The molecule has 0 aliphatic rings. The van der Waals surface area contributed by atoms with Gasteiger partial charge in [0, 0.05) is 23.5 Å². The third kappa shape index (κ3) is 4.27. The molecule has 0 radical (unpaired) electrons. The molecule has 2 N–H and O–H groups in total. The van der Waals surface area contributed by atoms with Crippen LogP contribution in [0.5, 0.6) is 0 Å². The van der Waals surface area contributed by atoms with Crippen molar-refractivity contribution in [2.75, 3.05) is 17.2 Å². The highest BCUT2D eigenvalue weighted by atomic mass is 19.1. The van der Waals surface area contributed by atoms with E-state index < -0.39 is 10.7 Å². The number of non-ortho nitro benzene ring substituents is 1. The van der Waals surface area contributed by atoms with Gasteiger partial charge in [0.05, 0.1) is 11.5 Å². The molecule has 0 saturated carbocycles. The summed E-state index contributed by atoms with van der Waals surface area (Å²) < 4.78 is 12.9. The van der Waals surface area contributed by atoms with Crippen LogP contribution in [0.1, 0.15) is 0 Å². The summed E-state index contributed by atoms with van der Waals surface area (Å²) in [6.45, 7) is -0.0334. The number of nitro groups is 1. The van der Waals surface area contributed by atoms with Crippen molar-refractivity contribution in [2.24, 2.45) is 0 Å². The van der Waals surface area contributed by atoms with Crippen LogP contribution in [0.25, 0.3) is 0 Å². The zero-order valence-electron chi connectivity index (χ0n) is 10.9. The third-order valence-electron chi connectivity index (χ3n) is 2.64. The smallest absolute Gasteiger partial charge is 0.269 e. The first kappa shape index (κ1) is 14.4. The fraction of sp³-hybridized carbons (Fsp3) is 0.0714. The van der Waals surface area contributed by atoms with Gasteiger partial charge in [-0.15, -0.1) is 0 Å². The zero-order valence-corrected chi connectivity index (χ0v) is 10.9. The molecule has 0 fully saturated rings. The highest BCUT2D eigenvalue weighted by molar-refractivity contribution is 5.93. The van der Waals surface area contributed by atoms with Crippen LogP contribution in [0, 0.1) is 15.9 Å². The van der Waals surface area contributed by atoms with Gasteiger partial charge in [-0.05, 0) is 30.3 Å². The molecule has 0 atom stereocenters. The van der Waals surface area contributed by atoms with Crippen molar-refractivity contribution in [1.82, 2.24) is 0 Å². The molecule has 7 heteroatoms. The molecule has 6 nitrogen and oxygen atoms in total. The maximum atomic E-state index is 12.9. The monoisotopic (exact) mass is 289 g/mol. The summed E-state index contributed by atoms with van der Waals surface area (Å²) >= 11 is 0. The van der Waals surface area contributed by atoms with Crippen LogP contribution in [0.3, 0.4) is 0 Å². The first-order valence-corrected chi connectivity index (χ1v) is 6.08. The predicted molar refractivity (Wildman–Crippen MR) is 76.6 cm³/mol. The van der Waals surface area contributed by atoms with Crippen molar-refractivity contribution in [3.63, 3.8) is 0 Å². The first-order chi connectivity index (χ1) is 10.0. The summed E-state index contributed by atoms with van der Waals surface area (Å²) in [5, 5.41) is 15.8. The average Bonchev–Trinajstić information content (AvgIpc) is 2.45. The lowest BCUT2D eigenvalue weighted by atomic mass is 10.3. The Balaban J connectivity index is 1.87. The highest BCUT2D eigenvalue weighted by Crippen LogP contribution is 2.15. The molecule has 21 heavy (non-hydrogen) atoms. The lowest BCUT2D eigenvalue weighted by Gasteiger charge is -2.07. The highest BCUT2D eigenvalue weighted by Gasteiger charge is 2.06. The van der Waals surface area contributed by atoms with Gasteiger partial charge in [0.15, 0.2) is 0 Å². The van der Waals surface area contributed by atoms with Gasteiger partial charge in [-0.3, -0.25) is 14.9 Å². The second-order valence-corrected chi connectivity index (χ2v) is 4.22. The molecule has 0 bridgehead atoms. The Labute approximate surface area is 119 Å². The minimum absolute atomic E-state index is 0.0234. The van der Waals surface area contributed by atoms with E-state index in [1.165, 1.54) is 42.5 Å². The largest absolute Gasteiger partial charge is 0.376 e. The summed E-state index contributed by atoms with van der Waals surface area (Å²) in [5.41, 5.74) is 0.922. The Hall–Kier alpha value is -2.96. The number of anilines is 2. The standard InChI is InChI=1S/C14H12FN3O3/c15-10-2-1-3-12(8-10)17-14(19)9-16-11-4-6-13(7-5-11)18(20)21/h1-8,16H,9H2,(H,17,19). The van der Waals surface area contributed by atoms with Crippen LogP contribution in [0.15, 0.2) is 48.5 Å². The second kappa shape index (κ2) is 6.47. The number of nitrogens with one attached hydrogen (secondary N) is 2. The quantitative estimate of drug-likeness (QED) is 0.654. The maximum Gasteiger partial charge on any atom is 0.269 e. The Morgan fingerprint density at radius 3 is 2.48 bits per heavy atom. The minimum Gasteiger partial charge on any atom is -0.376 e. The fourth-order valence-electron chi connectivity index (χ4n) is 1.65. The number of benzene rings is 2. The van der Waals surface area contributed by atoms with Crippen LogP contribution in [-0.2, 0) is 4.79 Å². The van der Waals surface area contributed by atoms with E-state index in [0.29, 0.717) is 11.4 Å². The van der Waals surface area contributed by atoms with E-state index in [-0.39, 0.29) is 18.1 Å². The minimum atomic E-state index is -0.500. The lowest BCUT2D eigenvalue weighted by Crippen LogP contribution is -2.21. The lowest BCUT2D eigenvalue weighted by molar-refractivity contribution is -0.384. The Morgan fingerprint density at radius 2 is 1.86 bits per heavy atom. The number of carbonyl (C=O) groups excluding carboxylic acids is 1. The van der Waals surface area contributed by atoms with E-state index in [0.717, 1.165) is 0 Å². The van der Waals surface area contributed by atoms with E-state index in [4.69, 9.17) is 0 Å². The number of hydrogen-bond donors (Lipinski definition) is 2. The molecule has 0 aliphatic carbocycles. The van der Waals surface area contributed by atoms with Crippen molar-refractivity contribution in [2.45, 2.75) is 0 Å². The Bertz CT molecular complexity index is 659. The average molecular weight is 289 g/mol. The van der Waals surface area contributed by atoms with Crippen molar-refractivity contribution >= 4 is 23.0 Å². The van der Waals surface area contributed by atoms with Gasteiger partial charge < -0.3 is 10.6 Å². The van der Waals surface area contributed by atoms with Gasteiger partial charge in [-0.2, -0.15) is 0 Å². The van der Waals surface area contributed by atoms with Gasteiger partial charge in [-0.25, -0.2) is 4.39 Å². The summed E-state index contributed by atoms with van der Waals surface area (Å²) in [6, 6.07) is 11.3. The van der Waals surface area contributed by atoms with E-state index in [1.807, 2.05) is 0 Å². The molecule has 1 amide bonds. The van der Waals surface area contributed by atoms with Crippen LogP contribution < -0.4 is 10.6 Å². The van der Waals surface area contributed by atoms with Gasteiger partial charge >= 0.3 is 0 Å². The molecule has 0 saturated heterocycles. The SMILES string of the molecule is O=C(CNc1ccc([N+](=O)[O-])cc1)Nc1cccc(F)c1. The Kier molecular flexibility index (Phi) is 4.45. The first-order valence-electron chi connectivity index (χ1n) is 6.08. The van der Waals surface area contributed by atoms with Crippen molar-refractivity contribution in [3.05, 3.63) is 64.5 Å². The molecule has 0 aromatic heterocycles. The van der Waals surface area contributed by atoms with E-state index in [2.05, 4.69) is 10.6 Å². The molecule has 2 rings (SSSR count). The third-order valence-corrected chi connectivity index (χ3v) is 2.64. The molecule has 108 valence electrons. The normalized spacial score (nSPS) is 9.95. The molecular formula is C14H12FN3O3. The molecule has 0 spiro atoms. The van der Waals surface area contributed by atoms with Crippen LogP contribution >= 0.6 is 0 Å². The second-order valence-electron chi connectivity index (χ2n) is 4.22. The number of amides is 1. The summed E-state index contributed by atoms with van der Waals surface area (Å²) in [7, 11) is 0. The van der Waals surface area contributed by atoms with Crippen LogP contribution in [-0.4, -0.2) is 17.4 Å². The number of carbonyl (C=O) groups is 1. The predicted octanol–water partition coefficient (Wildman–Crippen LogP) is 2.78. The van der Waals surface area contributed by atoms with Crippen molar-refractivity contribution < 1.29 is 14.1 Å². The number of nitrogens with zero attached hydrogens (tertiary/aromatic N) is 1. The number of nitro benzene ring substituents is 1. The summed E-state index contributed by atoms with van der Waals surface area (Å²) in [4.78, 5) is 21.7. The Morgan fingerprint density at radius 1 is 1.14 bits per heavy atom. The van der Waals surface area contributed by atoms with E-state index in [9.17, 15) is 19.3 Å². The summed E-state index contributed by atoms with van der Waals surface area (Å²) in [6.07, 6.45) is 0.